The molecule has 1 unspecified atom stereocenters. The van der Waals surface area contributed by atoms with Crippen molar-refractivity contribution in [1.82, 2.24) is 9.78 Å². The SMILES string of the molecule is Cc1nn(CC(=O)N2c3ccccc3CCC2C)c(=O)c(CO)c1C. The topological polar surface area (TPSA) is 75.4 Å². The Bertz CT molecular complexity index is 873. The molecule has 0 spiro atoms. The number of carbonyl (C=O) groups excluding carboxylic acids is 1. The lowest BCUT2D eigenvalue weighted by atomic mass is 9.96. The first kappa shape index (κ1) is 17.4. The van der Waals surface area contributed by atoms with Crippen molar-refractivity contribution in [3.05, 3.63) is 57.0 Å². The van der Waals surface area contributed by atoms with Gasteiger partial charge in [0.25, 0.3) is 5.56 Å². The van der Waals surface area contributed by atoms with Crippen molar-refractivity contribution >= 4 is 11.6 Å². The maximum absolute atomic E-state index is 13.0. The Balaban J connectivity index is 1.96. The van der Waals surface area contributed by atoms with Gasteiger partial charge in [0.15, 0.2) is 0 Å². The Labute approximate surface area is 146 Å². The highest BCUT2D eigenvalue weighted by molar-refractivity contribution is 5.95. The number of nitrogens with zero attached hydrogens (tertiary/aromatic N) is 3. The van der Waals surface area contributed by atoms with Crippen molar-refractivity contribution in [3.8, 4) is 0 Å². The Hall–Kier alpha value is -2.47. The van der Waals surface area contributed by atoms with Crippen LogP contribution in [0, 0.1) is 13.8 Å². The van der Waals surface area contributed by atoms with Crippen molar-refractivity contribution in [2.75, 3.05) is 4.90 Å². The number of hydrogen-bond acceptors (Lipinski definition) is 4. The number of aryl methyl sites for hydroxylation is 2. The molecule has 6 nitrogen and oxygen atoms in total. The van der Waals surface area contributed by atoms with Gasteiger partial charge in [-0.05, 0) is 50.8 Å². The van der Waals surface area contributed by atoms with Gasteiger partial charge in [-0.25, -0.2) is 4.68 Å². The molecule has 1 aliphatic rings. The van der Waals surface area contributed by atoms with E-state index in [0.29, 0.717) is 16.8 Å². The van der Waals surface area contributed by atoms with Gasteiger partial charge in [-0.15, -0.1) is 0 Å². The summed E-state index contributed by atoms with van der Waals surface area (Å²) in [6.07, 6.45) is 1.83. The molecule has 3 rings (SSSR count). The quantitative estimate of drug-likeness (QED) is 0.922. The summed E-state index contributed by atoms with van der Waals surface area (Å²) >= 11 is 0. The van der Waals surface area contributed by atoms with E-state index in [-0.39, 0.29) is 25.1 Å². The zero-order valence-corrected chi connectivity index (χ0v) is 14.8. The number of aromatic nitrogens is 2. The summed E-state index contributed by atoms with van der Waals surface area (Å²) in [6, 6.07) is 7.94. The molecule has 0 saturated heterocycles. The molecule has 1 amide bonds. The second-order valence-corrected chi connectivity index (χ2v) is 6.59. The van der Waals surface area contributed by atoms with E-state index in [1.54, 1.807) is 18.7 Å². The van der Waals surface area contributed by atoms with E-state index in [0.717, 1.165) is 24.1 Å². The third-order valence-electron chi connectivity index (χ3n) is 4.99. The Morgan fingerprint density at radius 1 is 1.32 bits per heavy atom. The fourth-order valence-corrected chi connectivity index (χ4v) is 3.40. The summed E-state index contributed by atoms with van der Waals surface area (Å²) in [5, 5.41) is 13.7. The largest absolute Gasteiger partial charge is 0.391 e. The number of anilines is 1. The van der Waals surface area contributed by atoms with Gasteiger partial charge in [0.2, 0.25) is 5.91 Å². The average Bonchev–Trinajstić information content (AvgIpc) is 2.60. The molecule has 0 saturated carbocycles. The molecule has 1 aliphatic heterocycles. The molecule has 0 radical (unpaired) electrons. The van der Waals surface area contributed by atoms with Crippen LogP contribution in [0.3, 0.4) is 0 Å². The predicted octanol–water partition coefficient (Wildman–Crippen LogP) is 1.72. The number of para-hydroxylation sites is 1. The van der Waals surface area contributed by atoms with Crippen LogP contribution in [0.5, 0.6) is 0 Å². The highest BCUT2D eigenvalue weighted by atomic mass is 16.3. The minimum atomic E-state index is -0.406. The van der Waals surface area contributed by atoms with E-state index in [2.05, 4.69) is 5.10 Å². The first-order chi connectivity index (χ1) is 11.9. The van der Waals surface area contributed by atoms with Crippen molar-refractivity contribution in [2.45, 2.75) is 52.8 Å². The molecule has 0 aliphatic carbocycles. The number of aliphatic hydroxyl groups is 1. The molecular weight excluding hydrogens is 318 g/mol. The minimum Gasteiger partial charge on any atom is -0.391 e. The molecular formula is C19H23N3O3. The standard InChI is InChI=1S/C19H23N3O3/c1-12-8-9-15-6-4-5-7-17(15)22(12)18(24)10-21-19(25)16(11-23)13(2)14(3)20-21/h4-7,12,23H,8-11H2,1-3H3. The summed E-state index contributed by atoms with van der Waals surface area (Å²) in [5.41, 5.74) is 3.26. The number of hydrogen-bond donors (Lipinski definition) is 1. The van der Waals surface area contributed by atoms with Crippen molar-refractivity contribution in [2.24, 2.45) is 0 Å². The molecule has 1 N–H and O–H groups in total. The highest BCUT2D eigenvalue weighted by Crippen LogP contribution is 2.30. The fourth-order valence-electron chi connectivity index (χ4n) is 3.40. The zero-order chi connectivity index (χ0) is 18.1. The van der Waals surface area contributed by atoms with Crippen LogP contribution in [0.4, 0.5) is 5.69 Å². The lowest BCUT2D eigenvalue weighted by Gasteiger charge is -2.35. The zero-order valence-electron chi connectivity index (χ0n) is 14.8. The van der Waals surface area contributed by atoms with Gasteiger partial charge in [-0.1, -0.05) is 18.2 Å². The van der Waals surface area contributed by atoms with Crippen LogP contribution in [0.1, 0.15) is 35.7 Å². The van der Waals surface area contributed by atoms with E-state index in [1.165, 1.54) is 4.68 Å². The second kappa shape index (κ2) is 6.80. The van der Waals surface area contributed by atoms with Gasteiger partial charge in [0.1, 0.15) is 6.54 Å². The third-order valence-corrected chi connectivity index (χ3v) is 4.99. The van der Waals surface area contributed by atoms with Crippen LogP contribution in [-0.2, 0) is 24.4 Å². The molecule has 2 heterocycles. The van der Waals surface area contributed by atoms with Gasteiger partial charge in [-0.3, -0.25) is 9.59 Å². The van der Waals surface area contributed by atoms with Gasteiger partial charge < -0.3 is 10.0 Å². The normalized spacial score (nSPS) is 16.6. The Morgan fingerprint density at radius 2 is 2.04 bits per heavy atom. The smallest absolute Gasteiger partial charge is 0.273 e. The van der Waals surface area contributed by atoms with Gasteiger partial charge in [-0.2, -0.15) is 5.10 Å². The maximum atomic E-state index is 13.0. The van der Waals surface area contributed by atoms with Crippen molar-refractivity contribution in [3.63, 3.8) is 0 Å². The second-order valence-electron chi connectivity index (χ2n) is 6.59. The Kier molecular flexibility index (Phi) is 4.72. The van der Waals surface area contributed by atoms with E-state index in [9.17, 15) is 14.7 Å². The van der Waals surface area contributed by atoms with Crippen LogP contribution in [0.15, 0.2) is 29.1 Å². The monoisotopic (exact) mass is 341 g/mol. The summed E-state index contributed by atoms with van der Waals surface area (Å²) in [7, 11) is 0. The third kappa shape index (κ3) is 3.09. The van der Waals surface area contributed by atoms with Crippen molar-refractivity contribution in [1.29, 1.82) is 0 Å². The van der Waals surface area contributed by atoms with Gasteiger partial charge in [0, 0.05) is 17.3 Å². The van der Waals surface area contributed by atoms with Crippen LogP contribution < -0.4 is 10.5 Å². The molecule has 1 aromatic carbocycles. The number of amides is 1. The van der Waals surface area contributed by atoms with Crippen molar-refractivity contribution < 1.29 is 9.90 Å². The summed E-state index contributed by atoms with van der Waals surface area (Å²) in [4.78, 5) is 27.2. The molecule has 0 bridgehead atoms. The number of carbonyl (C=O) groups is 1. The van der Waals surface area contributed by atoms with Crippen LogP contribution in [0.2, 0.25) is 0 Å². The predicted molar refractivity (Wildman–Crippen MR) is 95.6 cm³/mol. The maximum Gasteiger partial charge on any atom is 0.273 e. The first-order valence-corrected chi connectivity index (χ1v) is 8.52. The molecule has 1 atom stereocenters. The molecule has 25 heavy (non-hydrogen) atoms. The summed E-state index contributed by atoms with van der Waals surface area (Å²) in [5.74, 6) is -0.165. The molecule has 2 aromatic rings. The number of aliphatic hydroxyl groups excluding tert-OH is 1. The first-order valence-electron chi connectivity index (χ1n) is 8.52. The summed E-state index contributed by atoms with van der Waals surface area (Å²) in [6.45, 7) is 5.05. The summed E-state index contributed by atoms with van der Waals surface area (Å²) < 4.78 is 1.17. The number of rotatable bonds is 3. The fraction of sp³-hybridized carbons (Fsp3) is 0.421. The molecule has 1 aromatic heterocycles. The van der Waals surface area contributed by atoms with Crippen LogP contribution in [0.25, 0.3) is 0 Å². The van der Waals surface area contributed by atoms with E-state index >= 15 is 0 Å². The number of fused-ring (bicyclic) bond motifs is 1. The molecule has 6 heteroatoms. The highest BCUT2D eigenvalue weighted by Gasteiger charge is 2.28. The van der Waals surface area contributed by atoms with Crippen LogP contribution in [-0.4, -0.2) is 26.8 Å². The van der Waals surface area contributed by atoms with E-state index in [4.69, 9.17) is 0 Å². The van der Waals surface area contributed by atoms with Gasteiger partial charge in [0.05, 0.1) is 12.3 Å². The minimum absolute atomic E-state index is 0.0713. The van der Waals surface area contributed by atoms with Gasteiger partial charge >= 0.3 is 0 Å². The van der Waals surface area contributed by atoms with Crippen LogP contribution >= 0.6 is 0 Å². The number of benzene rings is 1. The van der Waals surface area contributed by atoms with E-state index < -0.39 is 5.56 Å². The Morgan fingerprint density at radius 3 is 2.76 bits per heavy atom. The van der Waals surface area contributed by atoms with E-state index in [1.807, 2.05) is 31.2 Å². The molecule has 0 fully saturated rings. The lowest BCUT2D eigenvalue weighted by Crippen LogP contribution is -2.45. The lowest BCUT2D eigenvalue weighted by molar-refractivity contribution is -0.120. The average molecular weight is 341 g/mol. The molecule has 132 valence electrons.